The Morgan fingerprint density at radius 2 is 1.11 bits per heavy atom. The van der Waals surface area contributed by atoms with Gasteiger partial charge in [0.25, 0.3) is 0 Å². The average Bonchev–Trinajstić information content (AvgIpc) is 3.00. The fourth-order valence-corrected chi connectivity index (χ4v) is 5.51. The van der Waals surface area contributed by atoms with Gasteiger partial charge in [-0.05, 0) is 38.5 Å². The monoisotopic (exact) mass is 647 g/mol. The average molecular weight is 648 g/mol. The van der Waals surface area contributed by atoms with E-state index in [0.717, 1.165) is 38.5 Å². The molecule has 260 valence electrons. The van der Waals surface area contributed by atoms with Crippen LogP contribution in [0.2, 0.25) is 0 Å². The molecule has 2 atom stereocenters. The molecule has 10 heteroatoms. The predicted octanol–water partition coefficient (Wildman–Crippen LogP) is 9.10. The molecule has 0 aliphatic carbocycles. The van der Waals surface area contributed by atoms with Crippen LogP contribution < -0.4 is 5.73 Å². The van der Waals surface area contributed by atoms with Gasteiger partial charge in [0.1, 0.15) is 6.61 Å². The molecule has 0 bridgehead atoms. The smallest absolute Gasteiger partial charge is 0.462 e. The molecule has 0 amide bonds. The van der Waals surface area contributed by atoms with Crippen LogP contribution in [0, 0.1) is 0 Å². The molecule has 1 unspecified atom stereocenters. The summed E-state index contributed by atoms with van der Waals surface area (Å²) in [7, 11) is -4.36. The van der Waals surface area contributed by atoms with Crippen LogP contribution in [0.15, 0.2) is 12.2 Å². The van der Waals surface area contributed by atoms with Gasteiger partial charge in [-0.3, -0.25) is 18.6 Å². The number of nitrogens with two attached hydrogens (primary N) is 1. The summed E-state index contributed by atoms with van der Waals surface area (Å²) in [5.74, 6) is -0.857. The first-order valence-electron chi connectivity index (χ1n) is 17.7. The van der Waals surface area contributed by atoms with E-state index in [1.807, 2.05) is 0 Å². The van der Waals surface area contributed by atoms with Crippen molar-refractivity contribution in [2.45, 2.75) is 168 Å². The van der Waals surface area contributed by atoms with Crippen molar-refractivity contribution in [3.63, 3.8) is 0 Å². The van der Waals surface area contributed by atoms with E-state index in [-0.39, 0.29) is 32.6 Å². The summed E-state index contributed by atoms with van der Waals surface area (Å²) in [4.78, 5) is 34.5. The van der Waals surface area contributed by atoms with E-state index in [1.54, 1.807) is 0 Å². The van der Waals surface area contributed by atoms with Crippen molar-refractivity contribution in [1.82, 2.24) is 0 Å². The number of carbonyl (C=O) groups excluding carboxylic acids is 2. The number of hydrogen-bond acceptors (Lipinski definition) is 8. The number of esters is 2. The van der Waals surface area contributed by atoms with E-state index in [4.69, 9.17) is 24.3 Å². The summed E-state index contributed by atoms with van der Waals surface area (Å²) in [6, 6.07) is 0. The molecule has 0 rings (SSSR count). The van der Waals surface area contributed by atoms with Gasteiger partial charge in [-0.2, -0.15) is 0 Å². The van der Waals surface area contributed by atoms with Gasteiger partial charge in [-0.1, -0.05) is 122 Å². The molecule has 0 fully saturated rings. The molecule has 0 spiro atoms. The maximum Gasteiger partial charge on any atom is 0.472 e. The van der Waals surface area contributed by atoms with Gasteiger partial charge in [0, 0.05) is 19.4 Å². The number of rotatable bonds is 33. The molecule has 0 saturated carbocycles. The summed E-state index contributed by atoms with van der Waals surface area (Å²) in [5, 5.41) is 0. The van der Waals surface area contributed by atoms with Crippen molar-refractivity contribution in [3.05, 3.63) is 12.2 Å². The van der Waals surface area contributed by atoms with Gasteiger partial charge in [0.15, 0.2) is 6.10 Å². The van der Waals surface area contributed by atoms with Gasteiger partial charge in [0.05, 0.1) is 13.2 Å². The molecule has 0 aromatic rings. The van der Waals surface area contributed by atoms with Crippen LogP contribution in [0.3, 0.4) is 0 Å². The maximum atomic E-state index is 12.5. The van der Waals surface area contributed by atoms with E-state index < -0.39 is 32.5 Å². The van der Waals surface area contributed by atoms with E-state index in [2.05, 4.69) is 26.0 Å². The van der Waals surface area contributed by atoms with Gasteiger partial charge in [-0.15, -0.1) is 0 Å². The first-order valence-corrected chi connectivity index (χ1v) is 19.2. The number of unbranched alkanes of at least 4 members (excludes halogenated alkanes) is 18. The van der Waals surface area contributed by atoms with Crippen LogP contribution in [0.5, 0.6) is 0 Å². The van der Waals surface area contributed by atoms with E-state index in [0.29, 0.717) is 6.42 Å². The molecule has 44 heavy (non-hydrogen) atoms. The Hall–Kier alpha value is -1.25. The SMILES string of the molecule is CCCCCCCCCCC/C=C/CCCCC(=O)O[C@H](COC(=O)CCCCCCCCCC)COP(=O)(O)OCCN. The number of allylic oxidation sites excluding steroid dienone is 2. The first kappa shape index (κ1) is 42.8. The van der Waals surface area contributed by atoms with Crippen LogP contribution in [-0.2, 0) is 32.7 Å². The van der Waals surface area contributed by atoms with Crippen molar-refractivity contribution in [2.75, 3.05) is 26.4 Å². The zero-order chi connectivity index (χ0) is 32.6. The van der Waals surface area contributed by atoms with Crippen LogP contribution >= 0.6 is 7.82 Å². The van der Waals surface area contributed by atoms with Crippen LogP contribution in [0.4, 0.5) is 0 Å². The Labute approximate surface area is 269 Å². The van der Waals surface area contributed by atoms with E-state index in [9.17, 15) is 19.0 Å². The Kier molecular flexibility index (Phi) is 30.8. The highest BCUT2D eigenvalue weighted by molar-refractivity contribution is 7.47. The van der Waals surface area contributed by atoms with Gasteiger partial charge >= 0.3 is 19.8 Å². The van der Waals surface area contributed by atoms with Crippen molar-refractivity contribution < 1.29 is 37.6 Å². The third kappa shape index (κ3) is 30.8. The highest BCUT2D eigenvalue weighted by Gasteiger charge is 2.25. The fraction of sp³-hybridized carbons (Fsp3) is 0.882. The Morgan fingerprint density at radius 1 is 0.659 bits per heavy atom. The summed E-state index contributed by atoms with van der Waals surface area (Å²) >= 11 is 0. The first-order chi connectivity index (χ1) is 21.3. The number of ether oxygens (including phenoxy) is 2. The largest absolute Gasteiger partial charge is 0.472 e. The van der Waals surface area contributed by atoms with E-state index >= 15 is 0 Å². The molecule has 0 saturated heterocycles. The topological polar surface area (TPSA) is 134 Å². The van der Waals surface area contributed by atoms with Gasteiger partial charge in [0.2, 0.25) is 0 Å². The second kappa shape index (κ2) is 31.7. The second-order valence-electron chi connectivity index (χ2n) is 11.7. The number of carbonyl (C=O) groups is 2. The summed E-state index contributed by atoms with van der Waals surface area (Å²) in [6.45, 7) is 3.66. The zero-order valence-electron chi connectivity index (χ0n) is 28.2. The third-order valence-corrected chi connectivity index (χ3v) is 8.39. The molecule has 0 aromatic heterocycles. The van der Waals surface area contributed by atoms with Crippen LogP contribution in [-0.4, -0.2) is 49.3 Å². The molecular weight excluding hydrogens is 581 g/mol. The minimum Gasteiger partial charge on any atom is -0.462 e. The van der Waals surface area contributed by atoms with Crippen molar-refractivity contribution >= 4 is 19.8 Å². The summed E-state index contributed by atoms with van der Waals surface area (Å²) in [6.07, 6.45) is 28.3. The normalized spacial score (nSPS) is 13.6. The minimum atomic E-state index is -4.36. The molecule has 0 heterocycles. The highest BCUT2D eigenvalue weighted by atomic mass is 31.2. The summed E-state index contributed by atoms with van der Waals surface area (Å²) in [5.41, 5.74) is 5.31. The van der Waals surface area contributed by atoms with Crippen molar-refractivity contribution in [2.24, 2.45) is 5.73 Å². The lowest BCUT2D eigenvalue weighted by molar-refractivity contribution is -0.161. The Morgan fingerprint density at radius 3 is 1.66 bits per heavy atom. The van der Waals surface area contributed by atoms with Crippen molar-refractivity contribution in [3.8, 4) is 0 Å². The lowest BCUT2D eigenvalue weighted by atomic mass is 10.1. The van der Waals surface area contributed by atoms with Gasteiger partial charge < -0.3 is 20.1 Å². The zero-order valence-corrected chi connectivity index (χ0v) is 29.0. The molecular formula is C34H66NO8P. The van der Waals surface area contributed by atoms with Crippen LogP contribution in [0.1, 0.15) is 162 Å². The third-order valence-electron chi connectivity index (χ3n) is 7.40. The number of phosphoric ester groups is 1. The molecule has 3 N–H and O–H groups in total. The minimum absolute atomic E-state index is 0.0527. The molecule has 0 aliphatic rings. The quantitative estimate of drug-likeness (QED) is 0.0309. The summed E-state index contributed by atoms with van der Waals surface area (Å²) < 4.78 is 32.5. The Bertz CT molecular complexity index is 749. The van der Waals surface area contributed by atoms with Gasteiger partial charge in [-0.25, -0.2) is 4.57 Å². The van der Waals surface area contributed by atoms with E-state index in [1.165, 1.54) is 89.9 Å². The predicted molar refractivity (Wildman–Crippen MR) is 178 cm³/mol. The number of phosphoric acid groups is 1. The highest BCUT2D eigenvalue weighted by Crippen LogP contribution is 2.43. The molecule has 0 radical (unpaired) electrons. The molecule has 9 nitrogen and oxygen atoms in total. The van der Waals surface area contributed by atoms with Crippen molar-refractivity contribution in [1.29, 1.82) is 0 Å². The van der Waals surface area contributed by atoms with Crippen LogP contribution in [0.25, 0.3) is 0 Å². The number of hydrogen-bond donors (Lipinski definition) is 2. The Balaban J connectivity index is 4.26. The second-order valence-corrected chi connectivity index (χ2v) is 13.2. The maximum absolute atomic E-state index is 12.5. The lowest BCUT2D eigenvalue weighted by Crippen LogP contribution is -2.29. The molecule has 0 aliphatic heterocycles. The fourth-order valence-electron chi connectivity index (χ4n) is 4.74. The molecule has 0 aromatic carbocycles. The standard InChI is InChI=1S/C34H66NO8P/c1-3-5-7-9-11-13-14-15-16-17-18-19-21-23-25-27-34(37)43-32(31-42-44(38,39)41-29-28-35)30-40-33(36)26-24-22-20-12-10-8-6-4-2/h18-19,32H,3-17,20-31,35H2,1-2H3,(H,38,39)/b19-18+/t32-/m1/s1. The lowest BCUT2D eigenvalue weighted by Gasteiger charge is -2.19.